The van der Waals surface area contributed by atoms with Crippen molar-refractivity contribution in [1.82, 2.24) is 5.32 Å². The van der Waals surface area contributed by atoms with Gasteiger partial charge in [-0.05, 0) is 66.0 Å². The maximum Gasteiger partial charge on any atom is 0.336 e. The van der Waals surface area contributed by atoms with Crippen LogP contribution in [0.4, 0.5) is 0 Å². The fourth-order valence-electron chi connectivity index (χ4n) is 4.79. The Morgan fingerprint density at radius 1 is 0.919 bits per heavy atom. The highest BCUT2D eigenvalue weighted by molar-refractivity contribution is 5.94. The van der Waals surface area contributed by atoms with Gasteiger partial charge in [0.2, 0.25) is 0 Å². The van der Waals surface area contributed by atoms with Crippen molar-refractivity contribution >= 4 is 11.9 Å². The lowest BCUT2D eigenvalue weighted by molar-refractivity contribution is -0.171. The molecule has 200 valence electrons. The van der Waals surface area contributed by atoms with Crippen molar-refractivity contribution in [2.24, 2.45) is 5.92 Å². The van der Waals surface area contributed by atoms with Gasteiger partial charge in [0.05, 0.1) is 17.1 Å². The Balaban J connectivity index is 2.12. The van der Waals surface area contributed by atoms with Gasteiger partial charge in [0, 0.05) is 24.6 Å². The summed E-state index contributed by atoms with van der Waals surface area (Å²) in [4.78, 5) is 27.3. The second-order valence-electron chi connectivity index (χ2n) is 12.0. The normalized spacial score (nSPS) is 22.4. The zero-order valence-corrected chi connectivity index (χ0v) is 23.1. The van der Waals surface area contributed by atoms with Crippen LogP contribution in [0.3, 0.4) is 0 Å². The van der Waals surface area contributed by atoms with Crippen LogP contribution in [0.1, 0.15) is 71.9 Å². The fraction of sp³-hybridized carbons (Fsp3) is 0.484. The smallest absolute Gasteiger partial charge is 0.336 e. The van der Waals surface area contributed by atoms with E-state index in [0.29, 0.717) is 17.8 Å². The van der Waals surface area contributed by atoms with Gasteiger partial charge in [0.1, 0.15) is 11.2 Å². The largest absolute Gasteiger partial charge is 0.460 e. The summed E-state index contributed by atoms with van der Waals surface area (Å²) < 4.78 is 11.6. The van der Waals surface area contributed by atoms with Gasteiger partial charge in [-0.3, -0.25) is 4.79 Å². The van der Waals surface area contributed by atoms with Gasteiger partial charge in [0.15, 0.2) is 0 Å². The van der Waals surface area contributed by atoms with Gasteiger partial charge in [-0.2, -0.15) is 0 Å². The third-order valence-electron chi connectivity index (χ3n) is 6.21. The minimum atomic E-state index is -1.47. The summed E-state index contributed by atoms with van der Waals surface area (Å²) in [6.45, 7) is 13.0. The summed E-state index contributed by atoms with van der Waals surface area (Å²) in [6.07, 6.45) is 0.823. The summed E-state index contributed by atoms with van der Waals surface area (Å²) in [5.74, 6) is -2.81. The van der Waals surface area contributed by atoms with E-state index >= 15 is 0 Å². The number of carbonyl (C=O) groups is 2. The lowest BCUT2D eigenvalue weighted by Gasteiger charge is -2.44. The first-order valence-electron chi connectivity index (χ1n) is 12.9. The standard InChI is InChI=1S/C31H41NO5/c1-29(2,3)36-27(33)25-23(32-19-18-21-14-10-8-11-15-21)20-31(7,35)26(28(34)37-30(4,5)6)24(25)22-16-12-9-13-17-22/h8-17,24,26,32,35H,18-20H2,1-7H3/t24-,26+,31-/m0/s1. The van der Waals surface area contributed by atoms with Gasteiger partial charge in [-0.25, -0.2) is 4.79 Å². The Morgan fingerprint density at radius 2 is 1.46 bits per heavy atom. The van der Waals surface area contributed by atoms with Crippen LogP contribution in [0.15, 0.2) is 71.9 Å². The zero-order chi connectivity index (χ0) is 27.4. The maximum atomic E-state index is 13.8. The van der Waals surface area contributed by atoms with Crippen molar-refractivity contribution in [1.29, 1.82) is 0 Å². The molecule has 6 heteroatoms. The molecule has 37 heavy (non-hydrogen) atoms. The summed E-state index contributed by atoms with van der Waals surface area (Å²) in [5, 5.41) is 15.1. The van der Waals surface area contributed by atoms with Crippen LogP contribution in [0, 0.1) is 5.92 Å². The lowest BCUT2D eigenvalue weighted by Crippen LogP contribution is -2.52. The molecule has 0 amide bonds. The molecular weight excluding hydrogens is 466 g/mol. The fourth-order valence-corrected chi connectivity index (χ4v) is 4.79. The molecule has 0 aliphatic heterocycles. The van der Waals surface area contributed by atoms with E-state index in [2.05, 4.69) is 5.32 Å². The molecular formula is C31H41NO5. The Labute approximate surface area is 221 Å². The van der Waals surface area contributed by atoms with Gasteiger partial charge >= 0.3 is 11.9 Å². The van der Waals surface area contributed by atoms with Crippen molar-refractivity contribution in [3.05, 3.63) is 83.1 Å². The predicted molar refractivity (Wildman–Crippen MR) is 145 cm³/mol. The topological polar surface area (TPSA) is 84.9 Å². The number of nitrogens with one attached hydrogen (secondary N) is 1. The van der Waals surface area contributed by atoms with Gasteiger partial charge < -0.3 is 19.9 Å². The Bertz CT molecular complexity index is 1110. The van der Waals surface area contributed by atoms with E-state index in [4.69, 9.17) is 9.47 Å². The molecule has 0 heterocycles. The Kier molecular flexibility index (Phi) is 8.53. The van der Waals surface area contributed by atoms with Crippen molar-refractivity contribution in [3.8, 4) is 0 Å². The molecule has 0 saturated heterocycles. The van der Waals surface area contributed by atoms with Crippen molar-refractivity contribution in [2.45, 2.75) is 84.0 Å². The van der Waals surface area contributed by atoms with E-state index in [1.165, 1.54) is 0 Å². The first-order chi connectivity index (χ1) is 17.2. The lowest BCUT2D eigenvalue weighted by atomic mass is 9.65. The molecule has 3 rings (SSSR count). The van der Waals surface area contributed by atoms with E-state index in [-0.39, 0.29) is 6.42 Å². The maximum absolute atomic E-state index is 13.8. The third-order valence-corrected chi connectivity index (χ3v) is 6.21. The van der Waals surface area contributed by atoms with E-state index in [1.54, 1.807) is 27.7 Å². The van der Waals surface area contributed by atoms with Crippen LogP contribution in [0.25, 0.3) is 0 Å². The average molecular weight is 508 g/mol. The number of benzene rings is 2. The van der Waals surface area contributed by atoms with Crippen LogP contribution in [-0.2, 0) is 25.5 Å². The predicted octanol–water partition coefficient (Wildman–Crippen LogP) is 5.31. The molecule has 0 saturated carbocycles. The third kappa shape index (κ3) is 7.68. The van der Waals surface area contributed by atoms with Crippen LogP contribution >= 0.6 is 0 Å². The molecule has 2 N–H and O–H groups in total. The minimum absolute atomic E-state index is 0.0869. The molecule has 0 fully saturated rings. The zero-order valence-electron chi connectivity index (χ0n) is 23.1. The van der Waals surface area contributed by atoms with Gasteiger partial charge in [0.25, 0.3) is 0 Å². The molecule has 3 atom stereocenters. The molecule has 2 aromatic rings. The Morgan fingerprint density at radius 3 is 2.00 bits per heavy atom. The molecule has 2 aromatic carbocycles. The summed E-state index contributed by atoms with van der Waals surface area (Å²) in [6, 6.07) is 19.4. The average Bonchev–Trinajstić information content (AvgIpc) is 2.76. The van der Waals surface area contributed by atoms with E-state index < -0.39 is 40.6 Å². The number of hydrogen-bond donors (Lipinski definition) is 2. The number of ether oxygens (including phenoxy) is 2. The highest BCUT2D eigenvalue weighted by atomic mass is 16.6. The molecule has 0 aromatic heterocycles. The van der Waals surface area contributed by atoms with Crippen LogP contribution in [0.2, 0.25) is 0 Å². The monoisotopic (exact) mass is 507 g/mol. The summed E-state index contributed by atoms with van der Waals surface area (Å²) in [5.41, 5.74) is -0.117. The second-order valence-corrected chi connectivity index (χ2v) is 12.0. The van der Waals surface area contributed by atoms with Gasteiger partial charge in [-0.15, -0.1) is 0 Å². The molecule has 0 bridgehead atoms. The highest BCUT2D eigenvalue weighted by Crippen LogP contribution is 2.48. The second kappa shape index (κ2) is 11.1. The van der Waals surface area contributed by atoms with E-state index in [9.17, 15) is 14.7 Å². The van der Waals surface area contributed by atoms with E-state index in [0.717, 1.165) is 17.5 Å². The minimum Gasteiger partial charge on any atom is -0.460 e. The number of carbonyl (C=O) groups excluding carboxylic acids is 2. The quantitative estimate of drug-likeness (QED) is 0.494. The molecule has 1 aliphatic carbocycles. The van der Waals surface area contributed by atoms with Crippen LogP contribution < -0.4 is 5.32 Å². The number of aliphatic hydroxyl groups is 1. The summed E-state index contributed by atoms with van der Waals surface area (Å²) >= 11 is 0. The van der Waals surface area contributed by atoms with Gasteiger partial charge in [-0.1, -0.05) is 60.7 Å². The molecule has 1 aliphatic rings. The SMILES string of the molecule is CC(C)(C)OC(=O)C1=C(NCCc2ccccc2)C[C@](C)(O)[C@@H](C(=O)OC(C)(C)C)[C@H]1c1ccccc1. The van der Waals surface area contributed by atoms with Crippen molar-refractivity contribution in [3.63, 3.8) is 0 Å². The first-order valence-corrected chi connectivity index (χ1v) is 12.9. The molecule has 0 spiro atoms. The van der Waals surface area contributed by atoms with Crippen molar-refractivity contribution in [2.75, 3.05) is 6.54 Å². The van der Waals surface area contributed by atoms with Crippen LogP contribution in [-0.4, -0.2) is 40.4 Å². The molecule has 0 radical (unpaired) electrons. The molecule has 6 nitrogen and oxygen atoms in total. The van der Waals surface area contributed by atoms with E-state index in [1.807, 2.05) is 81.4 Å². The summed E-state index contributed by atoms with van der Waals surface area (Å²) in [7, 11) is 0. The number of esters is 2. The first kappa shape index (κ1) is 28.5. The molecule has 0 unspecified atom stereocenters. The van der Waals surface area contributed by atoms with Crippen LogP contribution in [0.5, 0.6) is 0 Å². The number of rotatable bonds is 7. The highest BCUT2D eigenvalue weighted by Gasteiger charge is 2.53. The van der Waals surface area contributed by atoms with Crippen molar-refractivity contribution < 1.29 is 24.2 Å². The number of hydrogen-bond acceptors (Lipinski definition) is 6. The Hall–Kier alpha value is -3.12.